The number of nitrogens with zero attached hydrogens (tertiary/aromatic N) is 2. The SMILES string of the molecule is Cl.NC(=O)CCn1ccc(NC(=O)C2CC(F)(F)CN2)n1. The fraction of sp³-hybridized carbons (Fsp3) is 0.545. The lowest BCUT2D eigenvalue weighted by molar-refractivity contribution is -0.119. The summed E-state index contributed by atoms with van der Waals surface area (Å²) in [5.41, 5.74) is 5.01. The molecule has 1 saturated heterocycles. The summed E-state index contributed by atoms with van der Waals surface area (Å²) in [4.78, 5) is 22.4. The van der Waals surface area contributed by atoms with Gasteiger partial charge in [-0.05, 0) is 0 Å². The van der Waals surface area contributed by atoms with Gasteiger partial charge in [0.15, 0.2) is 5.82 Å². The molecule has 7 nitrogen and oxygen atoms in total. The van der Waals surface area contributed by atoms with Gasteiger partial charge in [-0.3, -0.25) is 19.6 Å². The molecule has 1 aromatic heterocycles. The van der Waals surface area contributed by atoms with E-state index >= 15 is 0 Å². The number of hydrogen-bond acceptors (Lipinski definition) is 4. The molecule has 1 aliphatic heterocycles. The molecule has 1 aromatic rings. The largest absolute Gasteiger partial charge is 0.370 e. The number of carbonyl (C=O) groups is 2. The third-order valence-corrected chi connectivity index (χ3v) is 2.91. The van der Waals surface area contributed by atoms with Crippen molar-refractivity contribution in [3.05, 3.63) is 12.3 Å². The van der Waals surface area contributed by atoms with E-state index in [0.717, 1.165) is 0 Å². The van der Waals surface area contributed by atoms with E-state index in [4.69, 9.17) is 5.73 Å². The van der Waals surface area contributed by atoms with Crippen molar-refractivity contribution in [2.75, 3.05) is 11.9 Å². The van der Waals surface area contributed by atoms with Gasteiger partial charge in [0.25, 0.3) is 5.92 Å². The highest BCUT2D eigenvalue weighted by molar-refractivity contribution is 5.94. The summed E-state index contributed by atoms with van der Waals surface area (Å²) >= 11 is 0. The second-order valence-corrected chi connectivity index (χ2v) is 4.66. The number of halogens is 3. The second kappa shape index (κ2) is 6.81. The van der Waals surface area contributed by atoms with Crippen molar-refractivity contribution in [3.63, 3.8) is 0 Å². The molecular formula is C11H16ClF2N5O2. The molecule has 1 fully saturated rings. The summed E-state index contributed by atoms with van der Waals surface area (Å²) in [6, 6.07) is 0.590. The normalized spacial score (nSPS) is 19.8. The quantitative estimate of drug-likeness (QED) is 0.716. The lowest BCUT2D eigenvalue weighted by Gasteiger charge is -2.09. The third kappa shape index (κ3) is 4.94. The van der Waals surface area contributed by atoms with Crippen LogP contribution in [-0.2, 0) is 16.1 Å². The number of alkyl halides is 2. The first-order valence-electron chi connectivity index (χ1n) is 6.09. The van der Waals surface area contributed by atoms with Gasteiger partial charge < -0.3 is 11.1 Å². The summed E-state index contributed by atoms with van der Waals surface area (Å²) in [7, 11) is 0. The minimum absolute atomic E-state index is 0. The molecule has 2 amide bonds. The standard InChI is InChI=1S/C11H15F2N5O2.ClH/c12-11(13)5-7(15-6-11)10(20)16-9-2-4-18(17-9)3-1-8(14)19;/h2,4,7,15H,1,3,5-6H2,(H2,14,19)(H,16,17,20);1H. The van der Waals surface area contributed by atoms with Gasteiger partial charge in [-0.2, -0.15) is 5.10 Å². The van der Waals surface area contributed by atoms with Crippen molar-refractivity contribution in [1.29, 1.82) is 0 Å². The van der Waals surface area contributed by atoms with Gasteiger partial charge in [0, 0.05) is 31.6 Å². The highest BCUT2D eigenvalue weighted by Gasteiger charge is 2.42. The molecular weight excluding hydrogens is 308 g/mol. The Hall–Kier alpha value is -1.74. The topological polar surface area (TPSA) is 102 Å². The molecule has 10 heteroatoms. The number of aromatic nitrogens is 2. The lowest BCUT2D eigenvalue weighted by Crippen LogP contribution is -2.35. The predicted octanol–water partition coefficient (Wildman–Crippen LogP) is 0.116. The van der Waals surface area contributed by atoms with Crippen LogP contribution in [0.15, 0.2) is 12.3 Å². The predicted molar refractivity (Wildman–Crippen MR) is 73.3 cm³/mol. The fourth-order valence-corrected chi connectivity index (χ4v) is 1.89. The van der Waals surface area contributed by atoms with Gasteiger partial charge in [-0.25, -0.2) is 8.78 Å². The molecule has 1 atom stereocenters. The minimum atomic E-state index is -2.86. The van der Waals surface area contributed by atoms with E-state index in [1.807, 2.05) is 0 Å². The van der Waals surface area contributed by atoms with Crippen molar-refractivity contribution in [2.45, 2.75) is 31.4 Å². The maximum atomic E-state index is 13.0. The summed E-state index contributed by atoms with van der Waals surface area (Å²) in [6.45, 7) is -0.205. The fourth-order valence-electron chi connectivity index (χ4n) is 1.89. The van der Waals surface area contributed by atoms with Crippen molar-refractivity contribution in [2.24, 2.45) is 5.73 Å². The van der Waals surface area contributed by atoms with Crippen molar-refractivity contribution >= 4 is 30.0 Å². The number of rotatable bonds is 5. The van der Waals surface area contributed by atoms with E-state index in [-0.39, 0.29) is 24.6 Å². The first kappa shape index (κ1) is 17.3. The van der Waals surface area contributed by atoms with Gasteiger partial charge in [-0.15, -0.1) is 12.4 Å². The highest BCUT2D eigenvalue weighted by atomic mass is 35.5. The summed E-state index contributed by atoms with van der Waals surface area (Å²) in [5.74, 6) is -3.62. The van der Waals surface area contributed by atoms with Crippen molar-refractivity contribution < 1.29 is 18.4 Å². The van der Waals surface area contributed by atoms with Crippen molar-refractivity contribution in [3.8, 4) is 0 Å². The van der Waals surface area contributed by atoms with E-state index in [9.17, 15) is 18.4 Å². The molecule has 118 valence electrons. The third-order valence-electron chi connectivity index (χ3n) is 2.91. The average molecular weight is 324 g/mol. The van der Waals surface area contributed by atoms with E-state index in [0.29, 0.717) is 6.54 Å². The minimum Gasteiger partial charge on any atom is -0.370 e. The lowest BCUT2D eigenvalue weighted by atomic mass is 10.2. The van der Waals surface area contributed by atoms with Crippen LogP contribution in [0.5, 0.6) is 0 Å². The Labute approximate surface area is 125 Å². The van der Waals surface area contributed by atoms with Crippen LogP contribution < -0.4 is 16.4 Å². The first-order valence-corrected chi connectivity index (χ1v) is 6.09. The number of nitrogens with two attached hydrogens (primary N) is 1. The number of amides is 2. The average Bonchev–Trinajstić information content (AvgIpc) is 2.93. The molecule has 1 aliphatic rings. The molecule has 0 radical (unpaired) electrons. The van der Waals surface area contributed by atoms with Gasteiger partial charge in [0.05, 0.1) is 12.6 Å². The van der Waals surface area contributed by atoms with Gasteiger partial charge in [0.1, 0.15) is 0 Å². The van der Waals surface area contributed by atoms with Crippen LogP contribution in [0.4, 0.5) is 14.6 Å². The van der Waals surface area contributed by atoms with Crippen LogP contribution in [0.3, 0.4) is 0 Å². The zero-order valence-electron chi connectivity index (χ0n) is 11.0. The Morgan fingerprint density at radius 1 is 1.57 bits per heavy atom. The zero-order chi connectivity index (χ0) is 14.8. The number of carbonyl (C=O) groups excluding carboxylic acids is 2. The van der Waals surface area contributed by atoms with Crippen LogP contribution in [0.1, 0.15) is 12.8 Å². The number of aryl methyl sites for hydroxylation is 1. The number of anilines is 1. The van der Waals surface area contributed by atoms with E-state index in [1.165, 1.54) is 10.7 Å². The Balaban J connectivity index is 0.00000220. The summed E-state index contributed by atoms with van der Waals surface area (Å²) in [6.07, 6.45) is 1.17. The number of primary amides is 1. The second-order valence-electron chi connectivity index (χ2n) is 4.66. The first-order chi connectivity index (χ1) is 9.35. The maximum absolute atomic E-state index is 13.0. The molecule has 0 saturated carbocycles. The van der Waals surface area contributed by atoms with E-state index < -0.39 is 36.7 Å². The van der Waals surface area contributed by atoms with Gasteiger partial charge in [-0.1, -0.05) is 0 Å². The smallest absolute Gasteiger partial charge is 0.262 e. The molecule has 1 unspecified atom stereocenters. The summed E-state index contributed by atoms with van der Waals surface area (Å²) in [5, 5.41) is 8.89. The Bertz CT molecular complexity index is 522. The van der Waals surface area contributed by atoms with Crippen LogP contribution >= 0.6 is 12.4 Å². The van der Waals surface area contributed by atoms with E-state index in [1.54, 1.807) is 6.20 Å². The number of nitrogens with one attached hydrogen (secondary N) is 2. The van der Waals surface area contributed by atoms with Crippen molar-refractivity contribution in [1.82, 2.24) is 15.1 Å². The Kier molecular flexibility index (Phi) is 5.62. The van der Waals surface area contributed by atoms with Crippen LogP contribution in [0.25, 0.3) is 0 Å². The Morgan fingerprint density at radius 2 is 2.29 bits per heavy atom. The molecule has 0 aromatic carbocycles. The van der Waals surface area contributed by atoms with Gasteiger partial charge >= 0.3 is 0 Å². The number of hydrogen-bond donors (Lipinski definition) is 3. The maximum Gasteiger partial charge on any atom is 0.262 e. The summed E-state index contributed by atoms with van der Waals surface area (Å²) < 4.78 is 27.4. The molecule has 0 spiro atoms. The highest BCUT2D eigenvalue weighted by Crippen LogP contribution is 2.25. The Morgan fingerprint density at radius 3 is 2.86 bits per heavy atom. The molecule has 4 N–H and O–H groups in total. The van der Waals surface area contributed by atoms with Crippen LogP contribution in [0.2, 0.25) is 0 Å². The van der Waals surface area contributed by atoms with Gasteiger partial charge in [0.2, 0.25) is 11.8 Å². The monoisotopic (exact) mass is 323 g/mol. The van der Waals surface area contributed by atoms with E-state index in [2.05, 4.69) is 15.7 Å². The van der Waals surface area contributed by atoms with Crippen LogP contribution in [0, 0.1) is 0 Å². The van der Waals surface area contributed by atoms with Crippen LogP contribution in [-0.4, -0.2) is 40.1 Å². The molecule has 0 aliphatic carbocycles. The zero-order valence-corrected chi connectivity index (χ0v) is 11.8. The molecule has 2 heterocycles. The molecule has 0 bridgehead atoms. The molecule has 21 heavy (non-hydrogen) atoms. The molecule has 2 rings (SSSR count).